The summed E-state index contributed by atoms with van der Waals surface area (Å²) in [6.07, 6.45) is -4.46. The van der Waals surface area contributed by atoms with Crippen LogP contribution < -0.4 is 20.1 Å². The van der Waals surface area contributed by atoms with Crippen molar-refractivity contribution in [1.82, 2.24) is 0 Å². The fourth-order valence-electron chi connectivity index (χ4n) is 2.43. The van der Waals surface area contributed by atoms with Crippen molar-refractivity contribution >= 4 is 23.3 Å². The minimum absolute atomic E-state index is 0.118. The first kappa shape index (κ1) is 21.9. The van der Waals surface area contributed by atoms with Crippen LogP contribution in [0, 0.1) is 0 Å². The van der Waals surface area contributed by atoms with Gasteiger partial charge in [0.25, 0.3) is 0 Å². The summed E-state index contributed by atoms with van der Waals surface area (Å²) in [7, 11) is 4.03. The number of methoxy groups -OCH3 is 3. The van der Waals surface area contributed by atoms with Crippen LogP contribution in [0.25, 0.3) is 0 Å². The number of alkyl halides is 3. The zero-order valence-electron chi connectivity index (χ0n) is 15.8. The number of amides is 1. The molecule has 10 heteroatoms. The monoisotopic (exact) mass is 412 g/mol. The average Bonchev–Trinajstić information content (AvgIpc) is 2.70. The second-order valence-corrected chi connectivity index (χ2v) is 5.72. The van der Waals surface area contributed by atoms with Crippen LogP contribution in [-0.2, 0) is 15.7 Å². The van der Waals surface area contributed by atoms with Gasteiger partial charge in [-0.2, -0.15) is 13.2 Å². The molecule has 0 fully saturated rings. The molecule has 0 atom stereocenters. The average molecular weight is 412 g/mol. The van der Waals surface area contributed by atoms with E-state index < -0.39 is 23.6 Å². The predicted molar refractivity (Wildman–Crippen MR) is 99.4 cm³/mol. The third kappa shape index (κ3) is 5.53. The molecule has 0 saturated heterocycles. The van der Waals surface area contributed by atoms with E-state index in [0.29, 0.717) is 11.5 Å². The molecule has 0 bridgehead atoms. The maximum absolute atomic E-state index is 12.6. The molecule has 0 aliphatic rings. The molecule has 29 heavy (non-hydrogen) atoms. The SMILES string of the molecule is COC(=O)c1cc(OC)c(OC)cc1NCC(=O)Nc1ccc(C(F)(F)F)cc1. The number of carbonyl (C=O) groups is 2. The summed E-state index contributed by atoms with van der Waals surface area (Å²) >= 11 is 0. The summed E-state index contributed by atoms with van der Waals surface area (Å²) < 4.78 is 52.8. The highest BCUT2D eigenvalue weighted by atomic mass is 19.4. The van der Waals surface area contributed by atoms with Crippen molar-refractivity contribution < 1.29 is 37.0 Å². The molecule has 0 heterocycles. The number of hydrogen-bond donors (Lipinski definition) is 2. The molecule has 0 aromatic heterocycles. The van der Waals surface area contributed by atoms with E-state index in [1.807, 2.05) is 0 Å². The Bertz CT molecular complexity index is 883. The summed E-state index contributed by atoms with van der Waals surface area (Å²) in [4.78, 5) is 24.1. The first-order valence-electron chi connectivity index (χ1n) is 8.25. The van der Waals surface area contributed by atoms with Gasteiger partial charge in [-0.05, 0) is 24.3 Å². The van der Waals surface area contributed by atoms with E-state index in [0.717, 1.165) is 24.3 Å². The predicted octanol–water partition coefficient (Wildman–Crippen LogP) is 3.56. The number of rotatable bonds is 7. The van der Waals surface area contributed by atoms with Crippen molar-refractivity contribution in [3.8, 4) is 11.5 Å². The van der Waals surface area contributed by atoms with E-state index in [2.05, 4.69) is 10.6 Å². The number of esters is 1. The standard InChI is InChI=1S/C19H19F3N2O5/c1-27-15-8-13(18(26)29-3)14(9-16(15)28-2)23-10-17(25)24-12-6-4-11(5-7-12)19(20,21)22/h4-9,23H,10H2,1-3H3,(H,24,25). The Balaban J connectivity index is 2.11. The topological polar surface area (TPSA) is 85.9 Å². The fraction of sp³-hybridized carbons (Fsp3) is 0.263. The van der Waals surface area contributed by atoms with Gasteiger partial charge in [0.15, 0.2) is 11.5 Å². The number of benzene rings is 2. The van der Waals surface area contributed by atoms with Gasteiger partial charge in [0.1, 0.15) is 0 Å². The largest absolute Gasteiger partial charge is 0.493 e. The van der Waals surface area contributed by atoms with Crippen molar-refractivity contribution in [3.63, 3.8) is 0 Å². The van der Waals surface area contributed by atoms with Crippen molar-refractivity contribution in [3.05, 3.63) is 47.5 Å². The lowest BCUT2D eigenvalue weighted by atomic mass is 10.1. The van der Waals surface area contributed by atoms with Crippen LogP contribution in [0.1, 0.15) is 15.9 Å². The molecule has 2 rings (SSSR count). The maximum Gasteiger partial charge on any atom is 0.416 e. The quantitative estimate of drug-likeness (QED) is 0.677. The minimum Gasteiger partial charge on any atom is -0.493 e. The lowest BCUT2D eigenvalue weighted by molar-refractivity contribution is -0.137. The number of hydrogen-bond acceptors (Lipinski definition) is 6. The molecule has 0 spiro atoms. The van der Waals surface area contributed by atoms with Gasteiger partial charge in [0.05, 0.1) is 44.7 Å². The molecule has 0 unspecified atom stereocenters. The molecule has 0 aliphatic carbocycles. The molecule has 2 N–H and O–H groups in total. The first-order valence-corrected chi connectivity index (χ1v) is 8.25. The van der Waals surface area contributed by atoms with Gasteiger partial charge >= 0.3 is 12.1 Å². The Kier molecular flexibility index (Phi) is 6.92. The smallest absolute Gasteiger partial charge is 0.416 e. The highest BCUT2D eigenvalue weighted by molar-refractivity contribution is 5.99. The second kappa shape index (κ2) is 9.18. The lowest BCUT2D eigenvalue weighted by Crippen LogP contribution is -2.23. The number of anilines is 2. The van der Waals surface area contributed by atoms with E-state index in [1.54, 1.807) is 0 Å². The molecule has 7 nitrogen and oxygen atoms in total. The number of nitrogens with one attached hydrogen (secondary N) is 2. The summed E-state index contributed by atoms with van der Waals surface area (Å²) in [6, 6.07) is 6.91. The van der Waals surface area contributed by atoms with Gasteiger partial charge in [-0.15, -0.1) is 0 Å². The van der Waals surface area contributed by atoms with E-state index in [4.69, 9.17) is 14.2 Å². The number of ether oxygens (including phenoxy) is 3. The summed E-state index contributed by atoms with van der Waals surface area (Å²) in [5.41, 5.74) is -0.239. The van der Waals surface area contributed by atoms with Crippen LogP contribution in [-0.4, -0.2) is 39.8 Å². The molecular weight excluding hydrogens is 393 g/mol. The normalized spacial score (nSPS) is 10.8. The van der Waals surface area contributed by atoms with Crippen LogP contribution in [0.2, 0.25) is 0 Å². The van der Waals surface area contributed by atoms with Crippen molar-refractivity contribution in [1.29, 1.82) is 0 Å². The number of carbonyl (C=O) groups excluding carboxylic acids is 2. The Morgan fingerprint density at radius 2 is 1.55 bits per heavy atom. The van der Waals surface area contributed by atoms with Crippen molar-refractivity contribution in [2.75, 3.05) is 38.5 Å². The van der Waals surface area contributed by atoms with Crippen molar-refractivity contribution in [2.45, 2.75) is 6.18 Å². The molecule has 0 radical (unpaired) electrons. The third-order valence-electron chi connectivity index (χ3n) is 3.86. The van der Waals surface area contributed by atoms with Gasteiger partial charge < -0.3 is 24.8 Å². The molecular formula is C19H19F3N2O5. The van der Waals surface area contributed by atoms with Crippen molar-refractivity contribution in [2.24, 2.45) is 0 Å². The molecule has 1 amide bonds. The van der Waals surface area contributed by atoms with E-state index in [9.17, 15) is 22.8 Å². The van der Waals surface area contributed by atoms with Crippen LogP contribution >= 0.6 is 0 Å². The minimum atomic E-state index is -4.46. The Hall–Kier alpha value is -3.43. The van der Waals surface area contributed by atoms with Crippen LogP contribution in [0.5, 0.6) is 11.5 Å². The first-order chi connectivity index (χ1) is 13.7. The number of halogens is 3. The van der Waals surface area contributed by atoms with E-state index >= 15 is 0 Å². The van der Waals surface area contributed by atoms with Crippen LogP contribution in [0.3, 0.4) is 0 Å². The second-order valence-electron chi connectivity index (χ2n) is 5.72. The van der Waals surface area contributed by atoms with Gasteiger partial charge in [-0.1, -0.05) is 0 Å². The molecule has 0 aliphatic heterocycles. The summed E-state index contributed by atoms with van der Waals surface area (Å²) in [5.74, 6) is -0.564. The molecule has 156 valence electrons. The Morgan fingerprint density at radius 3 is 2.07 bits per heavy atom. The van der Waals surface area contributed by atoms with E-state index in [1.165, 1.54) is 33.5 Å². The van der Waals surface area contributed by atoms with Gasteiger partial charge in [0.2, 0.25) is 5.91 Å². The maximum atomic E-state index is 12.6. The highest BCUT2D eigenvalue weighted by Crippen LogP contribution is 2.34. The van der Waals surface area contributed by atoms with Crippen LogP contribution in [0.4, 0.5) is 24.5 Å². The Labute approximate surface area is 164 Å². The van der Waals surface area contributed by atoms with Gasteiger partial charge in [0, 0.05) is 17.8 Å². The summed E-state index contributed by atoms with van der Waals surface area (Å²) in [5, 5.41) is 5.25. The Morgan fingerprint density at radius 1 is 0.966 bits per heavy atom. The van der Waals surface area contributed by atoms with Gasteiger partial charge in [-0.25, -0.2) is 4.79 Å². The highest BCUT2D eigenvalue weighted by Gasteiger charge is 2.30. The molecule has 0 saturated carbocycles. The lowest BCUT2D eigenvalue weighted by Gasteiger charge is -2.15. The summed E-state index contributed by atoms with van der Waals surface area (Å²) in [6.45, 7) is -0.263. The van der Waals surface area contributed by atoms with Gasteiger partial charge in [-0.3, -0.25) is 4.79 Å². The third-order valence-corrected chi connectivity index (χ3v) is 3.86. The zero-order valence-corrected chi connectivity index (χ0v) is 15.8. The molecule has 2 aromatic rings. The van der Waals surface area contributed by atoms with E-state index in [-0.39, 0.29) is 23.5 Å². The zero-order chi connectivity index (χ0) is 21.6. The molecule has 2 aromatic carbocycles. The van der Waals surface area contributed by atoms with Crippen LogP contribution in [0.15, 0.2) is 36.4 Å². The fourth-order valence-corrected chi connectivity index (χ4v) is 2.43.